The second kappa shape index (κ2) is 6.74. The highest BCUT2D eigenvalue weighted by Gasteiger charge is 2.64. The smallest absolute Gasteiger partial charge is 0.229 e. The van der Waals surface area contributed by atoms with Crippen molar-refractivity contribution in [3.05, 3.63) is 0 Å². The molecule has 1 saturated carbocycles. The first kappa shape index (κ1) is 20.1. The fourth-order valence-corrected chi connectivity index (χ4v) is 7.72. The second-order valence-corrected chi connectivity index (χ2v) is 11.6. The summed E-state index contributed by atoms with van der Waals surface area (Å²) in [4.78, 5) is 17.1. The van der Waals surface area contributed by atoms with Crippen LogP contribution in [0.3, 0.4) is 0 Å². The maximum Gasteiger partial charge on any atom is 0.229 e. The number of likely N-dealkylation sites (tertiary alicyclic amines) is 1. The Hall–Kier alpha value is -0.660. The molecule has 6 nitrogen and oxygen atoms in total. The molecule has 0 aromatic rings. The lowest BCUT2D eigenvalue weighted by molar-refractivity contribution is -0.141. The molecular formula is C19H35N3O3S. The quantitative estimate of drug-likeness (QED) is 0.736. The van der Waals surface area contributed by atoms with Crippen LogP contribution < -0.4 is 0 Å². The molecule has 7 heteroatoms. The number of amides is 1. The Bertz CT molecular complexity index is 653. The number of piperidine rings is 1. The maximum absolute atomic E-state index is 13.1. The molecule has 2 saturated heterocycles. The summed E-state index contributed by atoms with van der Waals surface area (Å²) in [6.07, 6.45) is 3.79. The number of rotatable bonds is 4. The summed E-state index contributed by atoms with van der Waals surface area (Å²) in [5.74, 6) is 0.995. The molecule has 150 valence electrons. The van der Waals surface area contributed by atoms with Crippen LogP contribution in [-0.2, 0) is 14.8 Å². The van der Waals surface area contributed by atoms with E-state index in [2.05, 4.69) is 11.9 Å². The minimum Gasteiger partial charge on any atom is -0.348 e. The average Bonchev–Trinajstić information content (AvgIpc) is 3.02. The molecule has 3 aliphatic rings. The highest BCUT2D eigenvalue weighted by Crippen LogP contribution is 2.62. The van der Waals surface area contributed by atoms with Crippen molar-refractivity contribution >= 4 is 15.9 Å². The van der Waals surface area contributed by atoms with Crippen LogP contribution in [0.4, 0.5) is 0 Å². The number of carbonyl (C=O) groups is 1. The molecule has 0 aromatic heterocycles. The van der Waals surface area contributed by atoms with Gasteiger partial charge in [0.1, 0.15) is 0 Å². The molecule has 2 atom stereocenters. The molecule has 0 unspecified atom stereocenters. The van der Waals surface area contributed by atoms with Crippen LogP contribution >= 0.6 is 0 Å². The fourth-order valence-electron chi connectivity index (χ4n) is 5.93. The van der Waals surface area contributed by atoms with Gasteiger partial charge in [-0.15, -0.1) is 0 Å². The van der Waals surface area contributed by atoms with Gasteiger partial charge in [0.05, 0.1) is 11.2 Å². The first-order valence-electron chi connectivity index (χ1n) is 9.91. The van der Waals surface area contributed by atoms with Crippen LogP contribution in [0.5, 0.6) is 0 Å². The first-order chi connectivity index (χ1) is 12.0. The summed E-state index contributed by atoms with van der Waals surface area (Å²) in [5.41, 5.74) is -0.141. The van der Waals surface area contributed by atoms with Gasteiger partial charge in [-0.1, -0.05) is 13.8 Å². The van der Waals surface area contributed by atoms with Crippen molar-refractivity contribution in [2.24, 2.45) is 22.7 Å². The van der Waals surface area contributed by atoms with Crippen molar-refractivity contribution in [2.45, 2.75) is 39.5 Å². The maximum atomic E-state index is 13.1. The van der Waals surface area contributed by atoms with E-state index in [1.54, 1.807) is 9.21 Å². The highest BCUT2D eigenvalue weighted by atomic mass is 32.2. The van der Waals surface area contributed by atoms with E-state index in [1.165, 1.54) is 0 Å². The highest BCUT2D eigenvalue weighted by molar-refractivity contribution is 7.89. The zero-order chi connectivity index (χ0) is 19.3. The molecule has 1 aliphatic carbocycles. The summed E-state index contributed by atoms with van der Waals surface area (Å²) in [6.45, 7) is 6.93. The SMILES string of the molecule is CC(C)CS(=O)(=O)N1CCC2(CC1)CC[C@@]1(C(=O)N(C)C)CN(C)C[C@@H]21. The Balaban J connectivity index is 1.78. The van der Waals surface area contributed by atoms with E-state index >= 15 is 0 Å². The summed E-state index contributed by atoms with van der Waals surface area (Å²) in [7, 11) is 2.67. The third kappa shape index (κ3) is 3.20. The van der Waals surface area contributed by atoms with Gasteiger partial charge in [-0.3, -0.25) is 4.79 Å². The monoisotopic (exact) mass is 385 g/mol. The van der Waals surface area contributed by atoms with Crippen molar-refractivity contribution in [3.63, 3.8) is 0 Å². The van der Waals surface area contributed by atoms with E-state index in [-0.39, 0.29) is 28.4 Å². The molecule has 0 aromatic carbocycles. The number of nitrogens with zero attached hydrogens (tertiary/aromatic N) is 3. The van der Waals surface area contributed by atoms with E-state index in [0.717, 1.165) is 38.8 Å². The predicted octanol–water partition coefficient (Wildman–Crippen LogP) is 1.48. The van der Waals surface area contributed by atoms with Gasteiger partial charge in [-0.05, 0) is 50.0 Å². The van der Waals surface area contributed by atoms with Crippen LogP contribution in [0.1, 0.15) is 39.5 Å². The van der Waals surface area contributed by atoms with Crippen LogP contribution in [0.25, 0.3) is 0 Å². The van der Waals surface area contributed by atoms with Gasteiger partial charge in [-0.2, -0.15) is 0 Å². The molecule has 0 radical (unpaired) electrons. The minimum atomic E-state index is -3.16. The van der Waals surface area contributed by atoms with E-state index in [1.807, 2.05) is 27.9 Å². The molecule has 1 spiro atoms. The molecule has 2 heterocycles. The summed E-state index contributed by atoms with van der Waals surface area (Å²) in [5, 5.41) is 0. The van der Waals surface area contributed by atoms with E-state index in [9.17, 15) is 13.2 Å². The van der Waals surface area contributed by atoms with Gasteiger partial charge >= 0.3 is 0 Å². The lowest BCUT2D eigenvalue weighted by Gasteiger charge is -2.44. The van der Waals surface area contributed by atoms with Crippen molar-refractivity contribution in [3.8, 4) is 0 Å². The molecule has 26 heavy (non-hydrogen) atoms. The van der Waals surface area contributed by atoms with E-state index in [0.29, 0.717) is 19.0 Å². The molecule has 0 bridgehead atoms. The number of carbonyl (C=O) groups excluding carboxylic acids is 1. The third-order valence-corrected chi connectivity index (χ3v) is 9.25. The molecule has 1 amide bonds. The van der Waals surface area contributed by atoms with Crippen LogP contribution in [0.15, 0.2) is 0 Å². The van der Waals surface area contributed by atoms with Gasteiger partial charge in [0.2, 0.25) is 15.9 Å². The van der Waals surface area contributed by atoms with Gasteiger partial charge in [0, 0.05) is 40.3 Å². The topological polar surface area (TPSA) is 60.9 Å². The largest absolute Gasteiger partial charge is 0.348 e. The Morgan fingerprint density at radius 3 is 2.31 bits per heavy atom. The van der Waals surface area contributed by atoms with Gasteiger partial charge < -0.3 is 9.80 Å². The fraction of sp³-hybridized carbons (Fsp3) is 0.947. The summed E-state index contributed by atoms with van der Waals surface area (Å²) < 4.78 is 26.9. The van der Waals surface area contributed by atoms with E-state index < -0.39 is 10.0 Å². The number of sulfonamides is 1. The second-order valence-electron chi connectivity index (χ2n) is 9.54. The standard InChI is InChI=1S/C19H35N3O3S/c1-15(2)13-26(24,25)22-10-8-18(9-11-22)6-7-19(17(23)20(3)4)14-21(5)12-16(18)19/h15-16H,6-14H2,1-5H3/t16-,19+/m0/s1. The number of hydrogen-bond acceptors (Lipinski definition) is 4. The summed E-state index contributed by atoms with van der Waals surface area (Å²) >= 11 is 0. The Morgan fingerprint density at radius 2 is 1.77 bits per heavy atom. The number of hydrogen-bond donors (Lipinski definition) is 0. The van der Waals surface area contributed by atoms with Crippen molar-refractivity contribution in [1.29, 1.82) is 0 Å². The van der Waals surface area contributed by atoms with Crippen LogP contribution in [0.2, 0.25) is 0 Å². The predicted molar refractivity (Wildman–Crippen MR) is 103 cm³/mol. The average molecular weight is 386 g/mol. The molecule has 0 N–H and O–H groups in total. The Labute approximate surface area is 158 Å². The third-order valence-electron chi connectivity index (χ3n) is 7.01. The van der Waals surface area contributed by atoms with Gasteiger partial charge in [0.25, 0.3) is 0 Å². The normalized spacial score (nSPS) is 32.3. The molecule has 2 aliphatic heterocycles. The van der Waals surface area contributed by atoms with Crippen molar-refractivity contribution in [2.75, 3.05) is 53.1 Å². The zero-order valence-corrected chi connectivity index (χ0v) is 17.8. The Morgan fingerprint density at radius 1 is 1.15 bits per heavy atom. The molecule has 3 rings (SSSR count). The van der Waals surface area contributed by atoms with Crippen LogP contribution in [-0.4, -0.2) is 81.5 Å². The molecule has 3 fully saturated rings. The Kier molecular flexibility index (Phi) is 5.21. The number of fused-ring (bicyclic) bond motifs is 2. The van der Waals surface area contributed by atoms with Crippen LogP contribution in [0, 0.1) is 22.7 Å². The zero-order valence-electron chi connectivity index (χ0n) is 17.0. The van der Waals surface area contributed by atoms with E-state index in [4.69, 9.17) is 0 Å². The molecular weight excluding hydrogens is 350 g/mol. The van der Waals surface area contributed by atoms with Gasteiger partial charge in [0.15, 0.2) is 0 Å². The van der Waals surface area contributed by atoms with Crippen molar-refractivity contribution in [1.82, 2.24) is 14.1 Å². The summed E-state index contributed by atoms with van der Waals surface area (Å²) in [6, 6.07) is 0. The van der Waals surface area contributed by atoms with Gasteiger partial charge in [-0.25, -0.2) is 12.7 Å². The lowest BCUT2D eigenvalue weighted by atomic mass is 9.66. The minimum absolute atomic E-state index is 0.125. The van der Waals surface area contributed by atoms with Crippen molar-refractivity contribution < 1.29 is 13.2 Å². The first-order valence-corrected chi connectivity index (χ1v) is 11.5. The lowest BCUT2D eigenvalue weighted by Crippen LogP contribution is -2.50.